The summed E-state index contributed by atoms with van der Waals surface area (Å²) in [6.07, 6.45) is 3.97. The third-order valence-electron chi connectivity index (χ3n) is 0.846. The first-order valence-corrected chi connectivity index (χ1v) is 2.69. The molecule has 0 saturated heterocycles. The van der Waals surface area contributed by atoms with Crippen molar-refractivity contribution in [1.82, 2.24) is 0 Å². The lowest BCUT2D eigenvalue weighted by Crippen LogP contribution is -1.76. The van der Waals surface area contributed by atoms with E-state index in [1.807, 2.05) is 0 Å². The van der Waals surface area contributed by atoms with E-state index < -0.39 is 0 Å². The Bertz CT molecular complexity index is 16.5. The molecule has 1 radical (unpaired) electrons. The summed E-state index contributed by atoms with van der Waals surface area (Å²) in [7, 11) is 2.21. The van der Waals surface area contributed by atoms with E-state index in [0.717, 1.165) is 0 Å². The van der Waals surface area contributed by atoms with E-state index >= 15 is 0 Å². The Labute approximate surface area is 63.3 Å². The van der Waals surface area contributed by atoms with Crippen LogP contribution in [0.5, 0.6) is 0 Å². The van der Waals surface area contributed by atoms with Crippen LogP contribution in [0.1, 0.15) is 42.0 Å². The second-order valence-corrected chi connectivity index (χ2v) is 1.55. The van der Waals surface area contributed by atoms with E-state index in [1.165, 1.54) is 19.2 Å². The van der Waals surface area contributed by atoms with Crippen LogP contribution in [0.2, 0.25) is 13.1 Å². The molecule has 0 aromatic carbocycles. The molecule has 0 atom stereocenters. The summed E-state index contributed by atoms with van der Waals surface area (Å²) >= 11 is 0. The van der Waals surface area contributed by atoms with Crippen LogP contribution in [0.25, 0.3) is 0 Å². The van der Waals surface area contributed by atoms with Crippen molar-refractivity contribution in [3.05, 3.63) is 0 Å². The van der Waals surface area contributed by atoms with Gasteiger partial charge in [-0.3, -0.25) is 0 Å². The first kappa shape index (κ1) is 23.0. The molecule has 0 spiro atoms. The second kappa shape index (κ2) is 24.4. The minimum absolute atomic E-state index is 0. The standard InChI is InChI=1S/C5H12B.3CH4/c1-3-4-5-6-2;;;/h3-5H2,1-2H3;3*1H4. The predicted octanol–water partition coefficient (Wildman–Crippen LogP) is 3.87. The van der Waals surface area contributed by atoms with Gasteiger partial charge in [-0.2, -0.15) is 0 Å². The lowest BCUT2D eigenvalue weighted by atomic mass is 9.76. The van der Waals surface area contributed by atoms with Gasteiger partial charge in [-0.05, 0) is 0 Å². The Morgan fingerprint density at radius 3 is 1.67 bits per heavy atom. The highest BCUT2D eigenvalue weighted by atomic mass is 13.7. The average molecular weight is 131 g/mol. The van der Waals surface area contributed by atoms with Crippen molar-refractivity contribution in [1.29, 1.82) is 0 Å². The summed E-state index contributed by atoms with van der Waals surface area (Å²) in [5.74, 6) is 0. The molecule has 0 N–H and O–H groups in total. The SMILES string of the molecule is C.C.C.C[B]CCCC. The topological polar surface area (TPSA) is 0 Å². The summed E-state index contributed by atoms with van der Waals surface area (Å²) < 4.78 is 0. The molecule has 0 heterocycles. The molecule has 0 saturated carbocycles. The van der Waals surface area contributed by atoms with Crippen molar-refractivity contribution in [2.75, 3.05) is 0 Å². The van der Waals surface area contributed by atoms with Gasteiger partial charge in [0.15, 0.2) is 0 Å². The fourth-order valence-electron chi connectivity index (χ4n) is 0.408. The van der Waals surface area contributed by atoms with Gasteiger partial charge in [-0.15, -0.1) is 0 Å². The number of unbranched alkanes of at least 4 members (excludes halogenated alkanes) is 1. The van der Waals surface area contributed by atoms with Crippen LogP contribution in [0.3, 0.4) is 0 Å². The third-order valence-corrected chi connectivity index (χ3v) is 0.846. The Morgan fingerprint density at radius 1 is 1.11 bits per heavy atom. The van der Waals surface area contributed by atoms with E-state index in [-0.39, 0.29) is 22.3 Å². The van der Waals surface area contributed by atoms with Gasteiger partial charge < -0.3 is 0 Å². The van der Waals surface area contributed by atoms with E-state index in [1.54, 1.807) is 0 Å². The second-order valence-electron chi connectivity index (χ2n) is 1.55. The maximum Gasteiger partial charge on any atom is 0.105 e. The summed E-state index contributed by atoms with van der Waals surface area (Å²) in [5.41, 5.74) is 0. The number of hydrogen-bond acceptors (Lipinski definition) is 0. The quantitative estimate of drug-likeness (QED) is 0.403. The predicted molar refractivity (Wildman–Crippen MR) is 51.5 cm³/mol. The molecule has 9 heavy (non-hydrogen) atoms. The molecule has 0 amide bonds. The lowest BCUT2D eigenvalue weighted by Gasteiger charge is -1.84. The molecule has 1 heteroatoms. The van der Waals surface area contributed by atoms with Gasteiger partial charge in [-0.25, -0.2) is 0 Å². The molecule has 0 aromatic heterocycles. The van der Waals surface area contributed by atoms with Crippen LogP contribution in [-0.4, -0.2) is 7.28 Å². The van der Waals surface area contributed by atoms with Gasteiger partial charge in [-0.1, -0.05) is 55.2 Å². The molecule has 0 rings (SSSR count). The molecule has 59 valence electrons. The molecule has 0 aromatic rings. The number of hydrogen-bond donors (Lipinski definition) is 0. The summed E-state index contributed by atoms with van der Waals surface area (Å²) in [5, 5.41) is 0. The summed E-state index contributed by atoms with van der Waals surface area (Å²) in [4.78, 5) is 0. The Kier molecular flexibility index (Phi) is 62.2. The maximum atomic E-state index is 2.21. The van der Waals surface area contributed by atoms with Gasteiger partial charge in [0.05, 0.1) is 0 Å². The van der Waals surface area contributed by atoms with Crippen molar-refractivity contribution in [2.24, 2.45) is 0 Å². The van der Waals surface area contributed by atoms with Crippen molar-refractivity contribution in [2.45, 2.75) is 55.2 Å². The van der Waals surface area contributed by atoms with Crippen LogP contribution in [0.4, 0.5) is 0 Å². The molecule has 0 unspecified atom stereocenters. The van der Waals surface area contributed by atoms with Crippen molar-refractivity contribution >= 4 is 7.28 Å². The van der Waals surface area contributed by atoms with Crippen LogP contribution < -0.4 is 0 Å². The molecular formula is C8H24B. The highest BCUT2D eigenvalue weighted by Crippen LogP contribution is 1.90. The summed E-state index contributed by atoms with van der Waals surface area (Å²) in [6, 6.07) is 0. The van der Waals surface area contributed by atoms with Gasteiger partial charge in [0, 0.05) is 0 Å². The van der Waals surface area contributed by atoms with E-state index in [4.69, 9.17) is 0 Å². The van der Waals surface area contributed by atoms with Crippen LogP contribution in [0.15, 0.2) is 0 Å². The Balaban J connectivity index is -0.0000000417. The molecule has 0 aliphatic heterocycles. The highest BCUT2D eigenvalue weighted by molar-refractivity contribution is 6.33. The largest absolute Gasteiger partial charge is 0.105 e. The minimum atomic E-state index is 0. The molecule has 0 bridgehead atoms. The van der Waals surface area contributed by atoms with E-state index in [0.29, 0.717) is 0 Å². The van der Waals surface area contributed by atoms with Gasteiger partial charge in [0.1, 0.15) is 7.28 Å². The summed E-state index contributed by atoms with van der Waals surface area (Å²) in [6.45, 7) is 4.32. The van der Waals surface area contributed by atoms with Gasteiger partial charge in [0.25, 0.3) is 0 Å². The zero-order chi connectivity index (χ0) is 4.83. The normalized spacial score (nSPS) is 5.56. The van der Waals surface area contributed by atoms with Crippen molar-refractivity contribution in [3.63, 3.8) is 0 Å². The highest BCUT2D eigenvalue weighted by Gasteiger charge is 1.77. The molecule has 0 aliphatic carbocycles. The first-order chi connectivity index (χ1) is 2.91. The van der Waals surface area contributed by atoms with Crippen LogP contribution in [0, 0.1) is 0 Å². The number of rotatable bonds is 3. The fraction of sp³-hybridized carbons (Fsp3) is 1.00. The molecule has 0 nitrogen and oxygen atoms in total. The lowest BCUT2D eigenvalue weighted by molar-refractivity contribution is 0.880. The van der Waals surface area contributed by atoms with Crippen molar-refractivity contribution in [3.8, 4) is 0 Å². The third kappa shape index (κ3) is 31.6. The minimum Gasteiger partial charge on any atom is -0.0920 e. The monoisotopic (exact) mass is 131 g/mol. The molecular weight excluding hydrogens is 107 g/mol. The smallest absolute Gasteiger partial charge is 0.0920 e. The van der Waals surface area contributed by atoms with E-state index in [9.17, 15) is 0 Å². The molecule has 0 fully saturated rings. The van der Waals surface area contributed by atoms with Gasteiger partial charge >= 0.3 is 0 Å². The van der Waals surface area contributed by atoms with Crippen molar-refractivity contribution < 1.29 is 0 Å². The fourth-order valence-corrected chi connectivity index (χ4v) is 0.408. The average Bonchev–Trinajstić information content (AvgIpc) is 1.61. The van der Waals surface area contributed by atoms with Crippen LogP contribution in [-0.2, 0) is 0 Å². The zero-order valence-electron chi connectivity index (χ0n) is 4.70. The first-order valence-electron chi connectivity index (χ1n) is 2.69. The maximum absolute atomic E-state index is 2.21. The Morgan fingerprint density at radius 2 is 1.56 bits per heavy atom. The van der Waals surface area contributed by atoms with Crippen LogP contribution >= 0.6 is 0 Å². The zero-order valence-corrected chi connectivity index (χ0v) is 4.70. The Hall–Kier alpha value is 0.0649. The van der Waals surface area contributed by atoms with Gasteiger partial charge in [0.2, 0.25) is 0 Å². The van der Waals surface area contributed by atoms with E-state index in [2.05, 4.69) is 21.0 Å². The molecule has 0 aliphatic rings.